The number of hydrogen-bond donors (Lipinski definition) is 1. The molecule has 1 aromatic carbocycles. The first-order valence-electron chi connectivity index (χ1n) is 4.95. The van der Waals surface area contributed by atoms with Crippen molar-refractivity contribution in [3.05, 3.63) is 35.1 Å². The highest BCUT2D eigenvalue weighted by molar-refractivity contribution is 5.29. The lowest BCUT2D eigenvalue weighted by Crippen LogP contribution is -2.24. The SMILES string of the molecule is NC1(Cc2ccc(F)c(C(F)(F)F)c2)CC1. The molecule has 88 valence electrons. The van der Waals surface area contributed by atoms with Gasteiger partial charge in [0, 0.05) is 5.54 Å². The van der Waals surface area contributed by atoms with Crippen molar-refractivity contribution in [2.45, 2.75) is 31.0 Å². The third-order valence-electron chi connectivity index (χ3n) is 2.78. The van der Waals surface area contributed by atoms with Gasteiger partial charge in [-0.25, -0.2) is 4.39 Å². The fourth-order valence-electron chi connectivity index (χ4n) is 1.64. The molecule has 1 nitrogen and oxygen atoms in total. The Balaban J connectivity index is 2.28. The third kappa shape index (κ3) is 2.35. The molecular weight excluding hydrogens is 222 g/mol. The molecule has 0 aliphatic heterocycles. The van der Waals surface area contributed by atoms with Crippen LogP contribution in [0.5, 0.6) is 0 Å². The summed E-state index contributed by atoms with van der Waals surface area (Å²) >= 11 is 0. The van der Waals surface area contributed by atoms with Crippen molar-refractivity contribution in [2.24, 2.45) is 5.73 Å². The topological polar surface area (TPSA) is 26.0 Å². The second-order valence-corrected chi connectivity index (χ2v) is 4.35. The van der Waals surface area contributed by atoms with Crippen LogP contribution in [0.1, 0.15) is 24.0 Å². The van der Waals surface area contributed by atoms with E-state index >= 15 is 0 Å². The van der Waals surface area contributed by atoms with Crippen molar-refractivity contribution in [3.8, 4) is 0 Å². The van der Waals surface area contributed by atoms with Crippen LogP contribution in [0.2, 0.25) is 0 Å². The van der Waals surface area contributed by atoms with Gasteiger partial charge in [-0.05, 0) is 37.0 Å². The maximum absolute atomic E-state index is 13.0. The summed E-state index contributed by atoms with van der Waals surface area (Å²) in [4.78, 5) is 0. The minimum Gasteiger partial charge on any atom is -0.325 e. The molecule has 0 spiro atoms. The van der Waals surface area contributed by atoms with Crippen molar-refractivity contribution in [1.82, 2.24) is 0 Å². The zero-order valence-electron chi connectivity index (χ0n) is 8.44. The van der Waals surface area contributed by atoms with E-state index in [1.54, 1.807) is 0 Å². The molecular formula is C11H11F4N. The highest BCUT2D eigenvalue weighted by Gasteiger charge is 2.39. The molecule has 0 bridgehead atoms. The molecule has 1 saturated carbocycles. The highest BCUT2D eigenvalue weighted by Crippen LogP contribution is 2.37. The molecule has 0 heterocycles. The number of rotatable bonds is 2. The van der Waals surface area contributed by atoms with E-state index in [2.05, 4.69) is 0 Å². The molecule has 1 aliphatic rings. The summed E-state index contributed by atoms with van der Waals surface area (Å²) in [6.07, 6.45) is -2.65. The van der Waals surface area contributed by atoms with Gasteiger partial charge in [-0.1, -0.05) is 6.07 Å². The van der Waals surface area contributed by atoms with E-state index in [0.29, 0.717) is 12.0 Å². The average Bonchev–Trinajstić information content (AvgIpc) is 2.85. The van der Waals surface area contributed by atoms with Gasteiger partial charge in [0.25, 0.3) is 0 Å². The molecule has 16 heavy (non-hydrogen) atoms. The Labute approximate surface area is 90.3 Å². The van der Waals surface area contributed by atoms with Crippen LogP contribution in [-0.4, -0.2) is 5.54 Å². The first kappa shape index (κ1) is 11.4. The average molecular weight is 233 g/mol. The lowest BCUT2D eigenvalue weighted by molar-refractivity contribution is -0.140. The van der Waals surface area contributed by atoms with Gasteiger partial charge in [0.1, 0.15) is 5.82 Å². The molecule has 0 atom stereocenters. The van der Waals surface area contributed by atoms with Gasteiger partial charge in [0.15, 0.2) is 0 Å². The van der Waals surface area contributed by atoms with E-state index in [4.69, 9.17) is 5.73 Å². The number of halogens is 4. The number of nitrogens with two attached hydrogens (primary N) is 1. The van der Waals surface area contributed by atoms with Gasteiger partial charge < -0.3 is 5.73 Å². The minimum absolute atomic E-state index is 0.371. The Bertz CT molecular complexity index is 407. The maximum Gasteiger partial charge on any atom is 0.419 e. The van der Waals surface area contributed by atoms with Crippen molar-refractivity contribution in [2.75, 3.05) is 0 Å². The second-order valence-electron chi connectivity index (χ2n) is 4.35. The molecule has 5 heteroatoms. The smallest absolute Gasteiger partial charge is 0.325 e. The molecule has 0 saturated heterocycles. The maximum atomic E-state index is 13.0. The van der Waals surface area contributed by atoms with Crippen LogP contribution in [0.25, 0.3) is 0 Å². The zero-order chi connectivity index (χ0) is 12.0. The van der Waals surface area contributed by atoms with Crippen LogP contribution in [0.15, 0.2) is 18.2 Å². The molecule has 2 N–H and O–H groups in total. The summed E-state index contributed by atoms with van der Waals surface area (Å²) in [5.74, 6) is -1.24. The number of benzene rings is 1. The molecule has 2 rings (SSSR count). The third-order valence-corrected chi connectivity index (χ3v) is 2.78. The predicted octanol–water partition coefficient (Wildman–Crippen LogP) is 2.88. The standard InChI is InChI=1S/C11H11F4N/c12-9-2-1-7(6-10(16)3-4-10)5-8(9)11(13,14)15/h1-2,5H,3-4,6,16H2. The summed E-state index contributed by atoms with van der Waals surface area (Å²) < 4.78 is 50.2. The largest absolute Gasteiger partial charge is 0.419 e. The Hall–Kier alpha value is -1.10. The molecule has 0 radical (unpaired) electrons. The first-order chi connectivity index (χ1) is 7.30. The van der Waals surface area contributed by atoms with Crippen molar-refractivity contribution in [3.63, 3.8) is 0 Å². The van der Waals surface area contributed by atoms with Crippen LogP contribution in [-0.2, 0) is 12.6 Å². The van der Waals surface area contributed by atoms with Gasteiger partial charge >= 0.3 is 6.18 Å². The van der Waals surface area contributed by atoms with Crippen LogP contribution >= 0.6 is 0 Å². The Morgan fingerprint density at radius 1 is 1.25 bits per heavy atom. The van der Waals surface area contributed by atoms with Crippen LogP contribution < -0.4 is 5.73 Å². The van der Waals surface area contributed by atoms with Crippen molar-refractivity contribution in [1.29, 1.82) is 0 Å². The highest BCUT2D eigenvalue weighted by atomic mass is 19.4. The van der Waals surface area contributed by atoms with E-state index in [-0.39, 0.29) is 5.54 Å². The van der Waals surface area contributed by atoms with E-state index in [1.807, 2.05) is 0 Å². The molecule has 1 fully saturated rings. The zero-order valence-corrected chi connectivity index (χ0v) is 8.44. The van der Waals surface area contributed by atoms with Crippen molar-refractivity contribution >= 4 is 0 Å². The Morgan fingerprint density at radius 2 is 1.88 bits per heavy atom. The van der Waals surface area contributed by atoms with Crippen molar-refractivity contribution < 1.29 is 17.6 Å². The fourth-order valence-corrected chi connectivity index (χ4v) is 1.64. The van der Waals surface area contributed by atoms with E-state index in [0.717, 1.165) is 25.0 Å². The summed E-state index contributed by atoms with van der Waals surface area (Å²) in [5, 5.41) is 0. The first-order valence-corrected chi connectivity index (χ1v) is 4.95. The summed E-state index contributed by atoms with van der Waals surface area (Å²) in [5.41, 5.74) is 4.65. The van der Waals surface area contributed by atoms with Gasteiger partial charge in [0.05, 0.1) is 5.56 Å². The van der Waals surface area contributed by atoms with E-state index in [1.165, 1.54) is 6.07 Å². The molecule has 0 aromatic heterocycles. The van der Waals surface area contributed by atoms with Gasteiger partial charge in [-0.15, -0.1) is 0 Å². The predicted molar refractivity (Wildman–Crippen MR) is 51.3 cm³/mol. The summed E-state index contributed by atoms with van der Waals surface area (Å²) in [7, 11) is 0. The quantitative estimate of drug-likeness (QED) is 0.781. The van der Waals surface area contributed by atoms with Crippen LogP contribution in [0, 0.1) is 5.82 Å². The minimum atomic E-state index is -4.65. The summed E-state index contributed by atoms with van der Waals surface area (Å²) in [6.45, 7) is 0. The molecule has 0 amide bonds. The van der Waals surface area contributed by atoms with Gasteiger partial charge in [-0.2, -0.15) is 13.2 Å². The second kappa shape index (κ2) is 3.45. The summed E-state index contributed by atoms with van der Waals surface area (Å²) in [6, 6.07) is 3.06. The lowest BCUT2D eigenvalue weighted by atomic mass is 10.0. The molecule has 1 aromatic rings. The monoisotopic (exact) mass is 233 g/mol. The number of alkyl halides is 3. The van der Waals surface area contributed by atoms with Crippen LogP contribution in [0.3, 0.4) is 0 Å². The fraction of sp³-hybridized carbons (Fsp3) is 0.455. The Kier molecular flexibility index (Phi) is 2.45. The van der Waals surface area contributed by atoms with E-state index < -0.39 is 17.6 Å². The van der Waals surface area contributed by atoms with Gasteiger partial charge in [-0.3, -0.25) is 0 Å². The molecule has 1 aliphatic carbocycles. The number of hydrogen-bond acceptors (Lipinski definition) is 1. The lowest BCUT2D eigenvalue weighted by Gasteiger charge is -2.12. The normalized spacial score (nSPS) is 18.6. The van der Waals surface area contributed by atoms with E-state index in [9.17, 15) is 17.6 Å². The Morgan fingerprint density at radius 3 is 2.38 bits per heavy atom. The van der Waals surface area contributed by atoms with Crippen LogP contribution in [0.4, 0.5) is 17.6 Å². The van der Waals surface area contributed by atoms with Gasteiger partial charge in [0.2, 0.25) is 0 Å². The molecule has 0 unspecified atom stereocenters.